The minimum absolute atomic E-state index is 0.0388. The topological polar surface area (TPSA) is 160 Å². The van der Waals surface area contributed by atoms with Crippen molar-refractivity contribution in [2.24, 2.45) is 10.8 Å². The third-order valence-corrected chi connectivity index (χ3v) is 11.6. The number of nitrogens with zero attached hydrogens (tertiary/aromatic N) is 3. The van der Waals surface area contributed by atoms with Crippen molar-refractivity contribution >= 4 is 17.1 Å². The molecule has 3 aliphatic rings. The van der Waals surface area contributed by atoms with Gasteiger partial charge in [0.05, 0.1) is 12.9 Å². The number of aliphatic hydroxyl groups excluding tert-OH is 3. The lowest BCUT2D eigenvalue weighted by Gasteiger charge is -2.33. The van der Waals surface area contributed by atoms with E-state index in [2.05, 4.69) is 169 Å². The van der Waals surface area contributed by atoms with Crippen LogP contribution in [0.3, 0.4) is 0 Å². The summed E-state index contributed by atoms with van der Waals surface area (Å²) in [7, 11) is 0. The van der Waals surface area contributed by atoms with Gasteiger partial charge in [-0.3, -0.25) is 14.3 Å². The Kier molecular flexibility index (Phi) is 17.2. The molecule has 0 radical (unpaired) electrons. The second kappa shape index (κ2) is 21.6. The highest BCUT2D eigenvalue weighted by Gasteiger charge is 2.44. The van der Waals surface area contributed by atoms with Crippen LogP contribution < -0.4 is 11.3 Å². The Bertz CT molecular complexity index is 2130. The monoisotopic (exact) mass is 820 g/mol. The summed E-state index contributed by atoms with van der Waals surface area (Å²) in [6.07, 6.45) is 35.2. The average Bonchev–Trinajstić information content (AvgIpc) is 3.72. The number of fused-ring (bicyclic) bond motifs is 1. The van der Waals surface area contributed by atoms with Crippen molar-refractivity contribution in [3.05, 3.63) is 146 Å². The number of ether oxygens (including phenoxy) is 1. The summed E-state index contributed by atoms with van der Waals surface area (Å²) in [5.41, 5.74) is 16.8. The number of hydrogen-bond acceptors (Lipinski definition) is 8. The number of rotatable bonds is 12. The molecule has 324 valence electrons. The predicted octanol–water partition coefficient (Wildman–Crippen LogP) is 9.92. The van der Waals surface area contributed by atoms with Crippen LogP contribution in [0.25, 0.3) is 11.2 Å². The normalized spacial score (nSPS) is 24.7. The first kappa shape index (κ1) is 47.8. The minimum Gasteiger partial charge on any atom is -0.394 e. The summed E-state index contributed by atoms with van der Waals surface area (Å²) >= 11 is 0. The number of nitrogen functional groups attached to an aromatic ring is 1. The molecule has 0 amide bonds. The van der Waals surface area contributed by atoms with Crippen molar-refractivity contribution in [3.8, 4) is 0 Å². The van der Waals surface area contributed by atoms with Crippen LogP contribution in [0.5, 0.6) is 0 Å². The SMILES string of the molecule is CC1=C(/C=C/C(C)=C/C=C/C(C)=C/C=C/C=C(C)/C=C/C=C(C)/C=C/C2=C(C)CCCC2(C)C)C(C)(C)CCC1.Nc1nc2c(ncn2[C@@H]2O[C@H](CO)[C@@H](O)[C@H]2O)c(=O)[nH]1. The fourth-order valence-electron chi connectivity index (χ4n) is 8.03. The van der Waals surface area contributed by atoms with Crippen molar-refractivity contribution in [2.45, 2.75) is 132 Å². The number of nitrogens with one attached hydrogen (secondary N) is 1. The van der Waals surface area contributed by atoms with Crippen LogP contribution >= 0.6 is 0 Å². The number of nitrogens with two attached hydrogens (primary N) is 1. The van der Waals surface area contributed by atoms with Crippen molar-refractivity contribution in [1.29, 1.82) is 0 Å². The average molecular weight is 820 g/mol. The zero-order valence-corrected chi connectivity index (χ0v) is 37.5. The van der Waals surface area contributed by atoms with Crippen LogP contribution in [-0.4, -0.2) is 59.8 Å². The largest absolute Gasteiger partial charge is 0.394 e. The number of aliphatic hydroxyl groups is 3. The molecule has 0 bridgehead atoms. The lowest BCUT2D eigenvalue weighted by atomic mass is 9.72. The zero-order valence-electron chi connectivity index (χ0n) is 37.5. The minimum atomic E-state index is -1.29. The van der Waals surface area contributed by atoms with E-state index in [0.717, 1.165) is 0 Å². The van der Waals surface area contributed by atoms with E-state index < -0.39 is 36.7 Å². The Hall–Kier alpha value is -4.87. The first-order valence-corrected chi connectivity index (χ1v) is 21.2. The van der Waals surface area contributed by atoms with Crippen LogP contribution in [-0.2, 0) is 4.74 Å². The Morgan fingerprint density at radius 2 is 1.27 bits per heavy atom. The van der Waals surface area contributed by atoms with Gasteiger partial charge in [-0.15, -0.1) is 0 Å². The van der Waals surface area contributed by atoms with Crippen molar-refractivity contribution < 1.29 is 20.1 Å². The standard InChI is InChI=1S/C40H56.C10H13N5O5/c1-31(19-13-21-33(3)25-27-37-35(5)23-15-29-39(37,7)8)17-11-12-18-32(2)20-14-22-34(4)26-28-38-36(6)24-16-30-40(38,9)10;11-10-13-7-4(8(19)14-10)12-2-15(7)9-6(18)5(17)3(1-16)20-9/h11-14,17-22,25-28H,15-16,23-24,29-30H2,1-10H3;2-3,5-6,9,16-18H,1H2,(H3,11,13,14,19)/b12-11+,19-13+,20-14+,27-25+,28-26+,31-17+,32-18+,33-21+,34-22+;/t;3-,5-,6-,9-/m.1/s1. The summed E-state index contributed by atoms with van der Waals surface area (Å²) < 4.78 is 6.64. The molecular weight excluding hydrogens is 751 g/mol. The first-order valence-electron chi connectivity index (χ1n) is 21.2. The quantitative estimate of drug-likeness (QED) is 0.132. The zero-order chi connectivity index (χ0) is 44.2. The molecule has 6 N–H and O–H groups in total. The summed E-state index contributed by atoms with van der Waals surface area (Å²) in [6, 6.07) is 0. The second-order valence-corrected chi connectivity index (χ2v) is 17.8. The maximum atomic E-state index is 11.7. The third-order valence-electron chi connectivity index (χ3n) is 11.6. The van der Waals surface area contributed by atoms with Crippen molar-refractivity contribution in [1.82, 2.24) is 19.5 Å². The van der Waals surface area contributed by atoms with Gasteiger partial charge in [0.25, 0.3) is 5.56 Å². The molecule has 2 aromatic heterocycles. The van der Waals surface area contributed by atoms with Gasteiger partial charge >= 0.3 is 0 Å². The van der Waals surface area contributed by atoms with E-state index in [4.69, 9.17) is 15.6 Å². The molecule has 1 fully saturated rings. The van der Waals surface area contributed by atoms with Gasteiger partial charge in [-0.25, -0.2) is 4.98 Å². The van der Waals surface area contributed by atoms with Gasteiger partial charge in [-0.1, -0.05) is 146 Å². The Morgan fingerprint density at radius 3 is 1.72 bits per heavy atom. The number of aromatic amines is 1. The summed E-state index contributed by atoms with van der Waals surface area (Å²) in [6.45, 7) is 22.3. The third kappa shape index (κ3) is 13.1. The maximum Gasteiger partial charge on any atom is 0.280 e. The van der Waals surface area contributed by atoms with Gasteiger partial charge in [-0.05, 0) is 102 Å². The predicted molar refractivity (Wildman–Crippen MR) is 247 cm³/mol. The van der Waals surface area contributed by atoms with Gasteiger partial charge in [0.2, 0.25) is 5.95 Å². The van der Waals surface area contributed by atoms with E-state index >= 15 is 0 Å². The van der Waals surface area contributed by atoms with Crippen LogP contribution in [0.2, 0.25) is 0 Å². The van der Waals surface area contributed by atoms with Gasteiger partial charge < -0.3 is 25.8 Å². The van der Waals surface area contributed by atoms with Gasteiger partial charge in [-0.2, -0.15) is 4.98 Å². The lowest BCUT2D eigenvalue weighted by Crippen LogP contribution is -2.33. The molecular formula is C50H69N5O5. The number of hydrogen-bond donors (Lipinski definition) is 5. The number of anilines is 1. The Balaban J connectivity index is 0.000000328. The van der Waals surface area contributed by atoms with E-state index in [1.165, 1.54) is 82.9 Å². The molecule has 2 aliphatic carbocycles. The number of allylic oxidation sites excluding steroid dienone is 22. The molecule has 4 atom stereocenters. The molecule has 60 heavy (non-hydrogen) atoms. The number of aromatic nitrogens is 4. The highest BCUT2D eigenvalue weighted by atomic mass is 16.6. The molecule has 0 spiro atoms. The Morgan fingerprint density at radius 1 is 0.800 bits per heavy atom. The number of H-pyrrole nitrogens is 1. The second-order valence-electron chi connectivity index (χ2n) is 17.8. The van der Waals surface area contributed by atoms with Crippen molar-refractivity contribution in [3.63, 3.8) is 0 Å². The maximum absolute atomic E-state index is 11.7. The van der Waals surface area contributed by atoms with Crippen LogP contribution in [0.1, 0.15) is 114 Å². The van der Waals surface area contributed by atoms with E-state index in [1.807, 2.05) is 0 Å². The Labute approximate surface area is 357 Å². The molecule has 2 aromatic rings. The molecule has 5 rings (SSSR count). The summed E-state index contributed by atoms with van der Waals surface area (Å²) in [4.78, 5) is 21.8. The molecule has 1 aliphatic heterocycles. The fraction of sp³-hybridized carbons (Fsp3) is 0.460. The molecule has 0 unspecified atom stereocenters. The summed E-state index contributed by atoms with van der Waals surface area (Å²) in [5.74, 6) is -0.101. The molecule has 10 nitrogen and oxygen atoms in total. The van der Waals surface area contributed by atoms with E-state index in [-0.39, 0.29) is 17.1 Å². The van der Waals surface area contributed by atoms with E-state index in [1.54, 1.807) is 11.1 Å². The molecule has 1 saturated heterocycles. The van der Waals surface area contributed by atoms with E-state index in [0.29, 0.717) is 10.8 Å². The van der Waals surface area contributed by atoms with Crippen LogP contribution in [0.4, 0.5) is 5.95 Å². The fourth-order valence-corrected chi connectivity index (χ4v) is 8.03. The highest BCUT2D eigenvalue weighted by molar-refractivity contribution is 5.70. The molecule has 10 heteroatoms. The smallest absolute Gasteiger partial charge is 0.280 e. The van der Waals surface area contributed by atoms with Gasteiger partial charge in [0.15, 0.2) is 17.4 Å². The summed E-state index contributed by atoms with van der Waals surface area (Å²) in [5, 5.41) is 28.7. The number of imidazole rings is 1. The van der Waals surface area contributed by atoms with Gasteiger partial charge in [0.1, 0.15) is 18.3 Å². The highest BCUT2D eigenvalue weighted by Crippen LogP contribution is 2.42. The lowest BCUT2D eigenvalue weighted by molar-refractivity contribution is -0.0511. The molecule has 3 heterocycles. The molecule has 0 saturated carbocycles. The molecule has 0 aromatic carbocycles. The van der Waals surface area contributed by atoms with Crippen LogP contribution in [0.15, 0.2) is 141 Å². The van der Waals surface area contributed by atoms with Crippen molar-refractivity contribution in [2.75, 3.05) is 12.3 Å². The van der Waals surface area contributed by atoms with Gasteiger partial charge in [0, 0.05) is 0 Å². The first-order chi connectivity index (χ1) is 28.3. The van der Waals surface area contributed by atoms with Crippen LogP contribution in [0, 0.1) is 10.8 Å². The van der Waals surface area contributed by atoms with E-state index in [9.17, 15) is 15.0 Å².